The van der Waals surface area contributed by atoms with Crippen LogP contribution in [-0.4, -0.2) is 26.5 Å². The third kappa shape index (κ3) is 4.17. The fourth-order valence-electron chi connectivity index (χ4n) is 3.91. The van der Waals surface area contributed by atoms with Crippen molar-refractivity contribution in [3.63, 3.8) is 0 Å². The summed E-state index contributed by atoms with van der Waals surface area (Å²) in [6.45, 7) is 2.05. The maximum atomic E-state index is 12.8. The van der Waals surface area contributed by atoms with E-state index in [-0.39, 0.29) is 17.6 Å². The molecule has 4 aromatic rings. The Bertz CT molecular complexity index is 1350. The van der Waals surface area contributed by atoms with Crippen LogP contribution in [0.25, 0.3) is 21.9 Å². The van der Waals surface area contributed by atoms with Gasteiger partial charge in [-0.15, -0.1) is 0 Å². The molecule has 160 valence electrons. The molecule has 1 fully saturated rings. The molecule has 2 aromatic heterocycles. The van der Waals surface area contributed by atoms with Gasteiger partial charge in [0.25, 0.3) is 0 Å². The quantitative estimate of drug-likeness (QED) is 0.455. The van der Waals surface area contributed by atoms with E-state index in [0.717, 1.165) is 45.9 Å². The Morgan fingerprint density at radius 2 is 1.91 bits per heavy atom. The minimum atomic E-state index is 0.0526. The van der Waals surface area contributed by atoms with Crippen LogP contribution in [0.15, 0.2) is 61.1 Å². The molecule has 0 saturated heterocycles. The molecule has 6 nitrogen and oxygen atoms in total. The fourth-order valence-corrected chi connectivity index (χ4v) is 3.91. The van der Waals surface area contributed by atoms with E-state index in [1.54, 1.807) is 17.1 Å². The Balaban J connectivity index is 1.41. The maximum Gasteiger partial charge on any atom is 0.228 e. The Labute approximate surface area is 186 Å². The summed E-state index contributed by atoms with van der Waals surface area (Å²) in [5, 5.41) is 9.03. The number of anilines is 1. The SMILES string of the molecule is Cc1ccc(C(=O)Cc2cnn(C)c2)cc1-c1ccc2cc(NC(=O)C3CC3)ncc2c1. The first-order chi connectivity index (χ1) is 15.5. The molecule has 32 heavy (non-hydrogen) atoms. The predicted molar refractivity (Wildman–Crippen MR) is 125 cm³/mol. The summed E-state index contributed by atoms with van der Waals surface area (Å²) in [6.07, 6.45) is 7.63. The van der Waals surface area contributed by atoms with Crippen LogP contribution in [0.5, 0.6) is 0 Å². The Hall–Kier alpha value is -3.80. The van der Waals surface area contributed by atoms with Gasteiger partial charge in [0.05, 0.1) is 6.20 Å². The zero-order valence-corrected chi connectivity index (χ0v) is 18.1. The molecule has 0 radical (unpaired) electrons. The number of nitrogens with one attached hydrogen (secondary N) is 1. The predicted octanol–water partition coefficient (Wildman–Crippen LogP) is 4.72. The number of amides is 1. The molecule has 5 rings (SSSR count). The van der Waals surface area contributed by atoms with Crippen LogP contribution < -0.4 is 5.32 Å². The van der Waals surface area contributed by atoms with Gasteiger partial charge in [-0.2, -0.15) is 5.10 Å². The largest absolute Gasteiger partial charge is 0.310 e. The summed E-state index contributed by atoms with van der Waals surface area (Å²) in [5.41, 5.74) is 4.74. The molecule has 1 aliphatic rings. The van der Waals surface area contributed by atoms with Crippen LogP contribution in [0.4, 0.5) is 5.82 Å². The summed E-state index contributed by atoms with van der Waals surface area (Å²) < 4.78 is 1.70. The van der Waals surface area contributed by atoms with Gasteiger partial charge in [-0.25, -0.2) is 4.98 Å². The van der Waals surface area contributed by atoms with E-state index in [0.29, 0.717) is 17.8 Å². The summed E-state index contributed by atoms with van der Waals surface area (Å²) in [6, 6.07) is 13.9. The smallest absolute Gasteiger partial charge is 0.228 e. The van der Waals surface area contributed by atoms with E-state index in [2.05, 4.69) is 21.5 Å². The second-order valence-electron chi connectivity index (χ2n) is 8.55. The lowest BCUT2D eigenvalue weighted by atomic mass is 9.94. The minimum absolute atomic E-state index is 0.0526. The van der Waals surface area contributed by atoms with Crippen LogP contribution >= 0.6 is 0 Å². The second-order valence-corrected chi connectivity index (χ2v) is 8.55. The molecule has 1 amide bonds. The number of benzene rings is 2. The van der Waals surface area contributed by atoms with Gasteiger partial charge >= 0.3 is 0 Å². The molecule has 0 atom stereocenters. The zero-order chi connectivity index (χ0) is 22.2. The van der Waals surface area contributed by atoms with Gasteiger partial charge in [0.1, 0.15) is 5.82 Å². The minimum Gasteiger partial charge on any atom is -0.310 e. The lowest BCUT2D eigenvalue weighted by molar-refractivity contribution is -0.117. The van der Waals surface area contributed by atoms with Crippen LogP contribution in [0.1, 0.15) is 34.3 Å². The number of Topliss-reactive ketones (excluding diaryl/α,β-unsaturated/α-hetero) is 1. The van der Waals surface area contributed by atoms with Crippen molar-refractivity contribution in [3.8, 4) is 11.1 Å². The first-order valence-electron chi connectivity index (χ1n) is 10.8. The third-order valence-electron chi connectivity index (χ3n) is 5.91. The van der Waals surface area contributed by atoms with Gasteiger partial charge in [0.2, 0.25) is 5.91 Å². The second kappa shape index (κ2) is 8.04. The van der Waals surface area contributed by atoms with Crippen molar-refractivity contribution in [1.82, 2.24) is 14.8 Å². The molecule has 0 aliphatic heterocycles. The number of hydrogen-bond acceptors (Lipinski definition) is 4. The lowest BCUT2D eigenvalue weighted by Gasteiger charge is -2.11. The number of ketones is 1. The Morgan fingerprint density at radius 1 is 1.06 bits per heavy atom. The zero-order valence-electron chi connectivity index (χ0n) is 18.1. The van der Waals surface area contributed by atoms with Crippen LogP contribution in [0.3, 0.4) is 0 Å². The molecule has 1 N–H and O–H groups in total. The summed E-state index contributed by atoms with van der Waals surface area (Å²) >= 11 is 0. The highest BCUT2D eigenvalue weighted by atomic mass is 16.2. The first kappa shape index (κ1) is 20.1. The number of pyridine rings is 1. The first-order valence-corrected chi connectivity index (χ1v) is 10.8. The highest BCUT2D eigenvalue weighted by molar-refractivity contribution is 5.99. The van der Waals surface area contributed by atoms with Crippen molar-refractivity contribution in [2.24, 2.45) is 13.0 Å². The molecule has 0 bridgehead atoms. The van der Waals surface area contributed by atoms with Crippen molar-refractivity contribution in [2.75, 3.05) is 5.32 Å². The molecule has 2 aromatic carbocycles. The molecule has 6 heteroatoms. The average molecular weight is 425 g/mol. The number of rotatable bonds is 6. The number of fused-ring (bicyclic) bond motifs is 1. The highest BCUT2D eigenvalue weighted by Gasteiger charge is 2.29. The number of carbonyl (C=O) groups is 2. The Morgan fingerprint density at radius 3 is 2.66 bits per heavy atom. The maximum absolute atomic E-state index is 12.8. The summed E-state index contributed by atoms with van der Waals surface area (Å²) in [4.78, 5) is 29.2. The van der Waals surface area contributed by atoms with Crippen molar-refractivity contribution < 1.29 is 9.59 Å². The van der Waals surface area contributed by atoms with E-state index in [4.69, 9.17) is 0 Å². The van der Waals surface area contributed by atoms with Crippen molar-refractivity contribution in [2.45, 2.75) is 26.2 Å². The van der Waals surface area contributed by atoms with Gasteiger partial charge in [-0.1, -0.05) is 24.3 Å². The van der Waals surface area contributed by atoms with E-state index >= 15 is 0 Å². The van der Waals surface area contributed by atoms with Crippen molar-refractivity contribution in [3.05, 3.63) is 77.7 Å². The van der Waals surface area contributed by atoms with Gasteiger partial charge in [-0.3, -0.25) is 14.3 Å². The highest BCUT2D eigenvalue weighted by Crippen LogP contribution is 2.31. The van der Waals surface area contributed by atoms with E-state index in [1.165, 1.54) is 0 Å². The number of nitrogens with zero attached hydrogens (tertiary/aromatic N) is 3. The van der Waals surface area contributed by atoms with Crippen LogP contribution in [-0.2, 0) is 18.3 Å². The van der Waals surface area contributed by atoms with E-state index in [9.17, 15) is 9.59 Å². The fraction of sp³-hybridized carbons (Fsp3) is 0.231. The van der Waals surface area contributed by atoms with Crippen LogP contribution in [0, 0.1) is 12.8 Å². The van der Waals surface area contributed by atoms with Crippen molar-refractivity contribution in [1.29, 1.82) is 0 Å². The monoisotopic (exact) mass is 424 g/mol. The standard InChI is InChI=1S/C26H24N4O2/c1-16-3-4-21(24(31)9-17-13-28-30(2)15-17)11-23(16)20-8-7-19-12-25(27-14-22(19)10-20)29-26(32)18-5-6-18/h3-4,7-8,10-15,18H,5-6,9H2,1-2H3,(H,27,29,32). The topological polar surface area (TPSA) is 76.9 Å². The van der Waals surface area contributed by atoms with E-state index < -0.39 is 0 Å². The number of carbonyl (C=O) groups excluding carboxylic acids is 2. The van der Waals surface area contributed by atoms with Gasteiger partial charge in [-0.05, 0) is 65.6 Å². The van der Waals surface area contributed by atoms with Gasteiger partial charge in [0.15, 0.2) is 5.78 Å². The molecule has 0 unspecified atom stereocenters. The van der Waals surface area contributed by atoms with E-state index in [1.807, 2.05) is 56.6 Å². The normalized spacial score (nSPS) is 13.3. The van der Waals surface area contributed by atoms with Crippen LogP contribution in [0.2, 0.25) is 0 Å². The number of aromatic nitrogens is 3. The molecular formula is C26H24N4O2. The molecule has 1 saturated carbocycles. The molecular weight excluding hydrogens is 400 g/mol. The molecule has 0 spiro atoms. The average Bonchev–Trinajstić information content (AvgIpc) is 3.56. The van der Waals surface area contributed by atoms with Gasteiger partial charge in [0, 0.05) is 42.7 Å². The van der Waals surface area contributed by atoms with Gasteiger partial charge < -0.3 is 5.32 Å². The molecule has 1 aliphatic carbocycles. The third-order valence-corrected chi connectivity index (χ3v) is 5.91. The molecule has 2 heterocycles. The summed E-state index contributed by atoms with van der Waals surface area (Å²) in [5.74, 6) is 0.849. The number of hydrogen-bond donors (Lipinski definition) is 1. The van der Waals surface area contributed by atoms with Crippen molar-refractivity contribution >= 4 is 28.3 Å². The summed E-state index contributed by atoms with van der Waals surface area (Å²) in [7, 11) is 1.84. The lowest BCUT2D eigenvalue weighted by Crippen LogP contribution is -2.14. The number of aryl methyl sites for hydroxylation is 2. The Kier molecular flexibility index (Phi) is 5.05.